The van der Waals surface area contributed by atoms with Crippen LogP contribution in [0.4, 0.5) is 13.2 Å². The monoisotopic (exact) mass is 259 g/mol. The van der Waals surface area contributed by atoms with E-state index in [9.17, 15) is 13.2 Å². The second kappa shape index (κ2) is 5.61. The summed E-state index contributed by atoms with van der Waals surface area (Å²) in [7, 11) is 0. The van der Waals surface area contributed by atoms with Gasteiger partial charge in [-0.1, -0.05) is 19.0 Å². The van der Waals surface area contributed by atoms with Gasteiger partial charge in [0.25, 0.3) is 0 Å². The zero-order valence-electron chi connectivity index (χ0n) is 10.1. The van der Waals surface area contributed by atoms with Gasteiger partial charge in [0.05, 0.1) is 5.56 Å². The summed E-state index contributed by atoms with van der Waals surface area (Å²) >= 11 is 0. The van der Waals surface area contributed by atoms with Crippen LogP contribution in [0.15, 0.2) is 22.9 Å². The van der Waals surface area contributed by atoms with Crippen LogP contribution < -0.4 is 0 Å². The molecule has 4 nitrogen and oxygen atoms in total. The second-order valence-corrected chi connectivity index (χ2v) is 3.03. The fraction of sp³-hybridized carbons (Fsp3) is 0.364. The van der Waals surface area contributed by atoms with E-state index in [2.05, 4.69) is 19.6 Å². The first-order valence-corrected chi connectivity index (χ1v) is 5.31. The molecule has 7 heteroatoms. The van der Waals surface area contributed by atoms with Crippen LogP contribution in [-0.4, -0.2) is 15.1 Å². The van der Waals surface area contributed by atoms with Gasteiger partial charge >= 0.3 is 6.18 Å². The molecule has 0 bridgehead atoms. The Labute approximate surface area is 102 Å². The summed E-state index contributed by atoms with van der Waals surface area (Å²) in [5.74, 6) is 0.0879. The average Bonchev–Trinajstić information content (AvgIpc) is 2.77. The lowest BCUT2D eigenvalue weighted by Crippen LogP contribution is -2.10. The molecule has 2 heterocycles. The predicted octanol–water partition coefficient (Wildman–Crippen LogP) is 3.49. The molecule has 0 radical (unpaired) electrons. The van der Waals surface area contributed by atoms with Gasteiger partial charge in [-0.25, -0.2) is 0 Å². The standard InChI is InChI=1S/C9H6F3N3O.C2H6/c1-5-14-8(15-16-5)6-3-2-4-13-7(6)9(10,11)12;1-2/h2-4H,1H3;1-2H3. The molecular weight excluding hydrogens is 247 g/mol. The van der Waals surface area contributed by atoms with Crippen LogP contribution in [0.3, 0.4) is 0 Å². The highest BCUT2D eigenvalue weighted by Gasteiger charge is 2.36. The predicted molar refractivity (Wildman–Crippen MR) is 58.6 cm³/mol. The van der Waals surface area contributed by atoms with E-state index >= 15 is 0 Å². The van der Waals surface area contributed by atoms with Crippen LogP contribution >= 0.6 is 0 Å². The van der Waals surface area contributed by atoms with Crippen molar-refractivity contribution in [3.05, 3.63) is 29.9 Å². The maximum absolute atomic E-state index is 12.6. The fourth-order valence-corrected chi connectivity index (χ4v) is 1.22. The first kappa shape index (κ1) is 14.1. The Morgan fingerprint density at radius 1 is 1.22 bits per heavy atom. The van der Waals surface area contributed by atoms with E-state index in [1.165, 1.54) is 19.1 Å². The van der Waals surface area contributed by atoms with E-state index < -0.39 is 11.9 Å². The first-order chi connectivity index (χ1) is 8.48. The number of rotatable bonds is 1. The van der Waals surface area contributed by atoms with Crippen molar-refractivity contribution in [1.29, 1.82) is 0 Å². The summed E-state index contributed by atoms with van der Waals surface area (Å²) < 4.78 is 42.4. The molecule has 0 aliphatic carbocycles. The normalized spacial score (nSPS) is 10.8. The third kappa shape index (κ3) is 3.06. The summed E-state index contributed by atoms with van der Waals surface area (Å²) in [6.07, 6.45) is -3.47. The molecule has 0 spiro atoms. The molecule has 0 atom stereocenters. The van der Waals surface area contributed by atoms with Crippen molar-refractivity contribution in [3.63, 3.8) is 0 Å². The van der Waals surface area contributed by atoms with Gasteiger partial charge in [0.1, 0.15) is 0 Å². The molecule has 0 amide bonds. The molecule has 2 aromatic heterocycles. The number of hydrogen-bond acceptors (Lipinski definition) is 4. The summed E-state index contributed by atoms with van der Waals surface area (Å²) in [5, 5.41) is 3.43. The molecule has 0 saturated carbocycles. The summed E-state index contributed by atoms with van der Waals surface area (Å²) in [6, 6.07) is 2.64. The van der Waals surface area contributed by atoms with Gasteiger partial charge < -0.3 is 4.52 Å². The molecular formula is C11H12F3N3O. The third-order valence-electron chi connectivity index (χ3n) is 1.84. The van der Waals surface area contributed by atoms with E-state index in [0.717, 1.165) is 6.20 Å². The summed E-state index contributed by atoms with van der Waals surface area (Å²) in [4.78, 5) is 7.03. The number of alkyl halides is 3. The molecule has 0 saturated heterocycles. The largest absolute Gasteiger partial charge is 0.434 e. The average molecular weight is 259 g/mol. The smallest absolute Gasteiger partial charge is 0.339 e. The molecule has 2 rings (SSSR count). The van der Waals surface area contributed by atoms with E-state index in [4.69, 9.17) is 0 Å². The zero-order valence-corrected chi connectivity index (χ0v) is 10.1. The summed E-state index contributed by atoms with van der Waals surface area (Å²) in [6.45, 7) is 5.50. The van der Waals surface area contributed by atoms with Crippen LogP contribution in [-0.2, 0) is 6.18 Å². The van der Waals surface area contributed by atoms with Crippen LogP contribution in [0.5, 0.6) is 0 Å². The van der Waals surface area contributed by atoms with Gasteiger partial charge in [0.2, 0.25) is 11.7 Å². The molecule has 18 heavy (non-hydrogen) atoms. The molecule has 0 aliphatic rings. The topological polar surface area (TPSA) is 51.8 Å². The van der Waals surface area contributed by atoms with E-state index in [-0.39, 0.29) is 17.3 Å². The van der Waals surface area contributed by atoms with Crippen molar-refractivity contribution in [2.24, 2.45) is 0 Å². The van der Waals surface area contributed by atoms with Crippen molar-refractivity contribution >= 4 is 0 Å². The van der Waals surface area contributed by atoms with Crippen molar-refractivity contribution in [2.45, 2.75) is 26.9 Å². The zero-order chi connectivity index (χ0) is 13.8. The van der Waals surface area contributed by atoms with Gasteiger partial charge in [0.15, 0.2) is 5.69 Å². The lowest BCUT2D eigenvalue weighted by Gasteiger charge is -2.07. The molecule has 2 aromatic rings. The highest BCUT2D eigenvalue weighted by atomic mass is 19.4. The minimum Gasteiger partial charge on any atom is -0.339 e. The Balaban J connectivity index is 0.000000771. The number of halogens is 3. The molecule has 0 fully saturated rings. The third-order valence-corrected chi connectivity index (χ3v) is 1.84. The molecule has 98 valence electrons. The fourth-order valence-electron chi connectivity index (χ4n) is 1.22. The molecule has 0 unspecified atom stereocenters. The number of hydrogen-bond donors (Lipinski definition) is 0. The van der Waals surface area contributed by atoms with Gasteiger partial charge in [-0.15, -0.1) is 0 Å². The van der Waals surface area contributed by atoms with Crippen LogP contribution in [0, 0.1) is 6.92 Å². The lowest BCUT2D eigenvalue weighted by atomic mass is 10.2. The van der Waals surface area contributed by atoms with Gasteiger partial charge in [-0.3, -0.25) is 4.98 Å². The Bertz CT molecular complexity index is 508. The highest BCUT2D eigenvalue weighted by molar-refractivity contribution is 5.58. The lowest BCUT2D eigenvalue weighted by molar-refractivity contribution is -0.140. The maximum atomic E-state index is 12.6. The minimum absolute atomic E-state index is 0.113. The van der Waals surface area contributed by atoms with E-state index in [1.54, 1.807) is 0 Å². The van der Waals surface area contributed by atoms with Crippen LogP contribution in [0.1, 0.15) is 25.4 Å². The van der Waals surface area contributed by atoms with Gasteiger partial charge in [0, 0.05) is 13.1 Å². The van der Waals surface area contributed by atoms with Crippen LogP contribution in [0.2, 0.25) is 0 Å². The number of aromatic nitrogens is 3. The number of aryl methyl sites for hydroxylation is 1. The number of pyridine rings is 1. The second-order valence-electron chi connectivity index (χ2n) is 3.03. The molecule has 0 aliphatic heterocycles. The van der Waals surface area contributed by atoms with Crippen molar-refractivity contribution in [1.82, 2.24) is 15.1 Å². The Morgan fingerprint density at radius 3 is 2.39 bits per heavy atom. The van der Waals surface area contributed by atoms with Crippen LogP contribution in [0.25, 0.3) is 11.4 Å². The molecule has 0 aromatic carbocycles. The van der Waals surface area contributed by atoms with Gasteiger partial charge in [-0.05, 0) is 12.1 Å². The number of nitrogens with zero attached hydrogens (tertiary/aromatic N) is 3. The highest BCUT2D eigenvalue weighted by Crippen LogP contribution is 2.33. The molecule has 0 N–H and O–H groups in total. The Kier molecular flexibility index (Phi) is 4.41. The SMILES string of the molecule is CC.Cc1nc(-c2cccnc2C(F)(F)F)no1. The van der Waals surface area contributed by atoms with E-state index in [1.807, 2.05) is 13.8 Å². The van der Waals surface area contributed by atoms with E-state index in [0.29, 0.717) is 0 Å². The van der Waals surface area contributed by atoms with Gasteiger partial charge in [-0.2, -0.15) is 18.2 Å². The Hall–Kier alpha value is -1.92. The first-order valence-electron chi connectivity index (χ1n) is 5.31. The summed E-state index contributed by atoms with van der Waals surface area (Å²) in [5.41, 5.74) is -1.21. The van der Waals surface area contributed by atoms with Crippen molar-refractivity contribution < 1.29 is 17.7 Å². The Morgan fingerprint density at radius 2 is 1.89 bits per heavy atom. The maximum Gasteiger partial charge on any atom is 0.434 e. The van der Waals surface area contributed by atoms with Crippen molar-refractivity contribution in [2.75, 3.05) is 0 Å². The quantitative estimate of drug-likeness (QED) is 0.786. The minimum atomic E-state index is -4.54. The van der Waals surface area contributed by atoms with Crippen molar-refractivity contribution in [3.8, 4) is 11.4 Å².